The van der Waals surface area contributed by atoms with Crippen molar-refractivity contribution in [3.8, 4) is 0 Å². The van der Waals surface area contributed by atoms with Crippen LogP contribution in [0.15, 0.2) is 5.16 Å². The van der Waals surface area contributed by atoms with E-state index >= 15 is 0 Å². The zero-order chi connectivity index (χ0) is 12.5. The third kappa shape index (κ3) is 5.97. The van der Waals surface area contributed by atoms with E-state index < -0.39 is 0 Å². The van der Waals surface area contributed by atoms with Crippen LogP contribution >= 0.6 is 11.8 Å². The summed E-state index contributed by atoms with van der Waals surface area (Å²) in [5.41, 5.74) is 0. The number of nitrogens with zero attached hydrogens (tertiary/aromatic N) is 4. The second-order valence-electron chi connectivity index (χ2n) is 4.17. The molecule has 98 valence electrons. The molecule has 1 aromatic heterocycles. The smallest absolute Gasteiger partial charge is 0.209 e. The maximum atomic E-state index is 12.0. The Kier molecular flexibility index (Phi) is 7.11. The van der Waals surface area contributed by atoms with Crippen LogP contribution in [0.2, 0.25) is 0 Å². The first-order valence-corrected chi connectivity index (χ1v) is 6.88. The Bertz CT molecular complexity index is 305. The van der Waals surface area contributed by atoms with Gasteiger partial charge in [0.05, 0.1) is 13.2 Å². The van der Waals surface area contributed by atoms with Crippen LogP contribution < -0.4 is 5.32 Å². The molecule has 0 aliphatic heterocycles. The van der Waals surface area contributed by atoms with Crippen molar-refractivity contribution in [2.24, 2.45) is 5.92 Å². The molecule has 0 aliphatic rings. The highest BCUT2D eigenvalue weighted by Gasteiger charge is 2.05. The molecule has 1 rings (SSSR count). The Morgan fingerprint density at radius 1 is 1.47 bits per heavy atom. The fourth-order valence-corrected chi connectivity index (χ4v) is 2.04. The lowest BCUT2D eigenvalue weighted by Gasteiger charge is -2.07. The molecule has 7 heteroatoms. The zero-order valence-corrected chi connectivity index (χ0v) is 11.2. The van der Waals surface area contributed by atoms with E-state index in [1.54, 1.807) is 4.68 Å². The van der Waals surface area contributed by atoms with Gasteiger partial charge in [0, 0.05) is 12.3 Å². The second-order valence-corrected chi connectivity index (χ2v) is 5.24. The van der Waals surface area contributed by atoms with Gasteiger partial charge >= 0.3 is 0 Å². The minimum Gasteiger partial charge on any atom is -0.315 e. The van der Waals surface area contributed by atoms with Crippen molar-refractivity contribution in [1.82, 2.24) is 25.5 Å². The van der Waals surface area contributed by atoms with Gasteiger partial charge in [0.2, 0.25) is 5.16 Å². The zero-order valence-electron chi connectivity index (χ0n) is 10.4. The first-order valence-electron chi connectivity index (χ1n) is 5.89. The van der Waals surface area contributed by atoms with Crippen molar-refractivity contribution in [1.29, 1.82) is 0 Å². The highest BCUT2D eigenvalue weighted by atomic mass is 32.2. The van der Waals surface area contributed by atoms with Crippen molar-refractivity contribution in [2.75, 3.05) is 25.5 Å². The molecule has 0 saturated carbocycles. The average Bonchev–Trinajstić information content (AvgIpc) is 2.72. The number of hydrogen-bond donors (Lipinski definition) is 1. The average molecular weight is 261 g/mol. The molecule has 0 aromatic carbocycles. The first-order chi connectivity index (χ1) is 8.24. The van der Waals surface area contributed by atoms with Crippen molar-refractivity contribution < 1.29 is 4.39 Å². The van der Waals surface area contributed by atoms with Crippen molar-refractivity contribution in [3.63, 3.8) is 0 Å². The molecule has 17 heavy (non-hydrogen) atoms. The summed E-state index contributed by atoms with van der Waals surface area (Å²) in [6.07, 6.45) is 0.545. The van der Waals surface area contributed by atoms with Crippen LogP contribution in [0.5, 0.6) is 0 Å². The number of halogens is 1. The maximum absolute atomic E-state index is 12.0. The molecule has 0 bridgehead atoms. The van der Waals surface area contributed by atoms with E-state index in [1.807, 2.05) is 0 Å². The highest BCUT2D eigenvalue weighted by Crippen LogP contribution is 2.14. The monoisotopic (exact) mass is 261 g/mol. The standard InChI is InChI=1S/C10H20FN5S/c1-9(2)8-12-5-6-16-10(13-14-15-16)17-7-3-4-11/h9,12H,3-8H2,1-2H3. The highest BCUT2D eigenvalue weighted by molar-refractivity contribution is 7.99. The minimum atomic E-state index is -0.287. The normalized spacial score (nSPS) is 11.3. The van der Waals surface area contributed by atoms with E-state index in [1.165, 1.54) is 11.8 Å². The first kappa shape index (κ1) is 14.4. The summed E-state index contributed by atoms with van der Waals surface area (Å²) in [6, 6.07) is 0. The van der Waals surface area contributed by atoms with Crippen LogP contribution in [-0.4, -0.2) is 45.7 Å². The molecular weight excluding hydrogens is 241 g/mol. The molecule has 0 aliphatic carbocycles. The molecule has 0 atom stereocenters. The van der Waals surface area contributed by atoms with Gasteiger partial charge in [-0.25, -0.2) is 4.68 Å². The van der Waals surface area contributed by atoms with Crippen LogP contribution in [-0.2, 0) is 6.54 Å². The summed E-state index contributed by atoms with van der Waals surface area (Å²) in [6.45, 7) is 6.64. The number of tetrazole rings is 1. The molecule has 1 heterocycles. The fraction of sp³-hybridized carbons (Fsp3) is 0.900. The number of alkyl halides is 1. The van der Waals surface area contributed by atoms with Gasteiger partial charge < -0.3 is 5.32 Å². The Balaban J connectivity index is 2.25. The third-order valence-electron chi connectivity index (χ3n) is 2.06. The summed E-state index contributed by atoms with van der Waals surface area (Å²) in [4.78, 5) is 0. The Morgan fingerprint density at radius 2 is 2.29 bits per heavy atom. The van der Waals surface area contributed by atoms with E-state index in [0.717, 1.165) is 30.5 Å². The SMILES string of the molecule is CC(C)CNCCn1nnnc1SCCCF. The number of aromatic nitrogens is 4. The Hall–Kier alpha value is -0.690. The lowest BCUT2D eigenvalue weighted by molar-refractivity contribution is 0.480. The van der Waals surface area contributed by atoms with Gasteiger partial charge in [0.15, 0.2) is 0 Å². The van der Waals surface area contributed by atoms with Gasteiger partial charge in [-0.1, -0.05) is 25.6 Å². The molecule has 0 spiro atoms. The van der Waals surface area contributed by atoms with Crippen molar-refractivity contribution in [3.05, 3.63) is 0 Å². The Labute approximate surface area is 106 Å². The second kappa shape index (κ2) is 8.41. The summed E-state index contributed by atoms with van der Waals surface area (Å²) in [7, 11) is 0. The number of nitrogens with one attached hydrogen (secondary N) is 1. The van der Waals surface area contributed by atoms with Crippen LogP contribution in [0.1, 0.15) is 20.3 Å². The number of hydrogen-bond acceptors (Lipinski definition) is 5. The van der Waals surface area contributed by atoms with Crippen LogP contribution in [0.4, 0.5) is 4.39 Å². The molecule has 1 aromatic rings. The van der Waals surface area contributed by atoms with Gasteiger partial charge in [-0.2, -0.15) is 0 Å². The van der Waals surface area contributed by atoms with Crippen LogP contribution in [0.25, 0.3) is 0 Å². The van der Waals surface area contributed by atoms with E-state index in [4.69, 9.17) is 0 Å². The fourth-order valence-electron chi connectivity index (χ4n) is 1.23. The summed E-state index contributed by atoms with van der Waals surface area (Å²) < 4.78 is 13.7. The van der Waals surface area contributed by atoms with Gasteiger partial charge in [-0.05, 0) is 29.3 Å². The molecule has 0 unspecified atom stereocenters. The van der Waals surface area contributed by atoms with E-state index in [0.29, 0.717) is 12.3 Å². The van der Waals surface area contributed by atoms with Gasteiger partial charge in [-0.15, -0.1) is 5.10 Å². The number of rotatable bonds is 9. The van der Waals surface area contributed by atoms with Crippen LogP contribution in [0, 0.1) is 5.92 Å². The third-order valence-corrected chi connectivity index (χ3v) is 3.10. The lowest BCUT2D eigenvalue weighted by Crippen LogP contribution is -2.24. The van der Waals surface area contributed by atoms with E-state index in [9.17, 15) is 4.39 Å². The molecular formula is C10H20FN5S. The molecule has 0 amide bonds. The summed E-state index contributed by atoms with van der Waals surface area (Å²) in [5, 5.41) is 15.6. The van der Waals surface area contributed by atoms with Crippen LogP contribution in [0.3, 0.4) is 0 Å². The predicted molar refractivity (Wildman–Crippen MR) is 66.8 cm³/mol. The molecule has 1 N–H and O–H groups in total. The predicted octanol–water partition coefficient (Wildman–Crippen LogP) is 1.37. The molecule has 0 fully saturated rings. The van der Waals surface area contributed by atoms with E-state index in [-0.39, 0.29) is 6.67 Å². The van der Waals surface area contributed by atoms with E-state index in [2.05, 4.69) is 34.7 Å². The quantitative estimate of drug-likeness (QED) is 0.537. The molecule has 0 radical (unpaired) electrons. The maximum Gasteiger partial charge on any atom is 0.209 e. The van der Waals surface area contributed by atoms with Gasteiger partial charge in [0.25, 0.3) is 0 Å². The summed E-state index contributed by atoms with van der Waals surface area (Å²) in [5.74, 6) is 1.36. The van der Waals surface area contributed by atoms with Gasteiger partial charge in [0.1, 0.15) is 0 Å². The largest absolute Gasteiger partial charge is 0.315 e. The molecule has 5 nitrogen and oxygen atoms in total. The van der Waals surface area contributed by atoms with Crippen molar-refractivity contribution >= 4 is 11.8 Å². The number of thioether (sulfide) groups is 1. The lowest BCUT2D eigenvalue weighted by atomic mass is 10.2. The van der Waals surface area contributed by atoms with Crippen molar-refractivity contribution in [2.45, 2.75) is 32.0 Å². The minimum absolute atomic E-state index is 0.287. The summed E-state index contributed by atoms with van der Waals surface area (Å²) >= 11 is 1.50. The molecule has 0 saturated heterocycles. The topological polar surface area (TPSA) is 55.6 Å². The van der Waals surface area contributed by atoms with Gasteiger partial charge in [-0.3, -0.25) is 4.39 Å². The Morgan fingerprint density at radius 3 is 3.00 bits per heavy atom.